The molecule has 0 saturated heterocycles. The fourth-order valence-corrected chi connectivity index (χ4v) is 2.83. The molecule has 22 heavy (non-hydrogen) atoms. The van der Waals surface area contributed by atoms with Gasteiger partial charge in [0.25, 0.3) is 10.0 Å². The second-order valence-corrected chi connectivity index (χ2v) is 6.92. The molecule has 1 aromatic carbocycles. The molecule has 0 radical (unpaired) electrons. The fraction of sp³-hybridized carbons (Fsp3) is 0.462. The Hall–Kier alpha value is -1.71. The summed E-state index contributed by atoms with van der Waals surface area (Å²) in [6.45, 7) is 2.66. The van der Waals surface area contributed by atoms with Gasteiger partial charge in [-0.15, -0.1) is 0 Å². The van der Waals surface area contributed by atoms with Crippen molar-refractivity contribution in [3.8, 4) is 0 Å². The van der Waals surface area contributed by atoms with Crippen LogP contribution in [-0.4, -0.2) is 64.7 Å². The molecule has 0 amide bonds. The van der Waals surface area contributed by atoms with Crippen LogP contribution >= 0.6 is 0 Å². The molecule has 9 heteroatoms. The van der Waals surface area contributed by atoms with E-state index in [1.54, 1.807) is 0 Å². The first-order chi connectivity index (χ1) is 10.4. The quantitative estimate of drug-likeness (QED) is 0.785. The van der Waals surface area contributed by atoms with Crippen LogP contribution < -0.4 is 10.0 Å². The van der Waals surface area contributed by atoms with Crippen molar-refractivity contribution < 1.29 is 12.8 Å². The number of rotatable bonds is 5. The van der Waals surface area contributed by atoms with Crippen molar-refractivity contribution in [1.82, 2.24) is 19.8 Å². The predicted molar refractivity (Wildman–Crippen MR) is 82.3 cm³/mol. The summed E-state index contributed by atoms with van der Waals surface area (Å²) in [7, 11) is 0.221. The standard InChI is InChI=1S/C13H20FN5O2S/c1-18(2)7-8-19-9-15-13(16-10-19)17-22(20,21)12-5-3-11(14)4-6-12/h3-6H,7-10H2,1-2H3,(H2,15,16,17). The molecular formula is C13H20FN5O2S. The van der Waals surface area contributed by atoms with Crippen LogP contribution in [0.1, 0.15) is 0 Å². The van der Waals surface area contributed by atoms with E-state index in [1.165, 1.54) is 12.1 Å². The Morgan fingerprint density at radius 2 is 2.05 bits per heavy atom. The third-order valence-electron chi connectivity index (χ3n) is 3.12. The molecule has 1 aliphatic rings. The lowest BCUT2D eigenvalue weighted by atomic mass is 10.4. The topological polar surface area (TPSA) is 77.0 Å². The molecule has 0 bridgehead atoms. The Balaban J connectivity index is 1.95. The van der Waals surface area contributed by atoms with Crippen molar-refractivity contribution in [2.24, 2.45) is 4.99 Å². The summed E-state index contributed by atoms with van der Waals surface area (Å²) in [5, 5.41) is 2.92. The molecule has 0 aliphatic carbocycles. The summed E-state index contributed by atoms with van der Waals surface area (Å²) >= 11 is 0. The Bertz CT molecular complexity index is 630. The Morgan fingerprint density at radius 3 is 2.59 bits per heavy atom. The van der Waals surface area contributed by atoms with Gasteiger partial charge in [0.2, 0.25) is 5.96 Å². The van der Waals surface area contributed by atoms with E-state index in [0.29, 0.717) is 13.3 Å². The van der Waals surface area contributed by atoms with Gasteiger partial charge in [-0.05, 0) is 38.4 Å². The summed E-state index contributed by atoms with van der Waals surface area (Å²) in [5.41, 5.74) is 0. The zero-order valence-electron chi connectivity index (χ0n) is 12.6. The zero-order valence-corrected chi connectivity index (χ0v) is 13.4. The maximum Gasteiger partial charge on any atom is 0.264 e. The highest BCUT2D eigenvalue weighted by Crippen LogP contribution is 2.09. The lowest BCUT2D eigenvalue weighted by Crippen LogP contribution is -2.51. The third-order valence-corrected chi connectivity index (χ3v) is 4.47. The highest BCUT2D eigenvalue weighted by Gasteiger charge is 2.19. The second kappa shape index (κ2) is 7.03. The molecule has 0 fully saturated rings. The van der Waals surface area contributed by atoms with Crippen molar-refractivity contribution >= 4 is 16.0 Å². The number of sulfonamides is 1. The molecular weight excluding hydrogens is 309 g/mol. The van der Waals surface area contributed by atoms with Crippen LogP contribution in [0.25, 0.3) is 0 Å². The molecule has 122 valence electrons. The first kappa shape index (κ1) is 16.7. The largest absolute Gasteiger partial charge is 0.343 e. The number of hydrogen-bond acceptors (Lipinski definition) is 6. The Labute approximate surface area is 129 Å². The summed E-state index contributed by atoms with van der Waals surface area (Å²) in [4.78, 5) is 8.28. The lowest BCUT2D eigenvalue weighted by Gasteiger charge is -2.27. The summed E-state index contributed by atoms with van der Waals surface area (Å²) < 4.78 is 39.5. The van der Waals surface area contributed by atoms with E-state index in [1.807, 2.05) is 14.1 Å². The van der Waals surface area contributed by atoms with Gasteiger partial charge in [-0.3, -0.25) is 4.90 Å². The van der Waals surface area contributed by atoms with Gasteiger partial charge in [-0.25, -0.2) is 22.5 Å². The van der Waals surface area contributed by atoms with Crippen LogP contribution in [0.4, 0.5) is 4.39 Å². The molecule has 0 atom stereocenters. The number of benzene rings is 1. The molecule has 0 unspecified atom stereocenters. The minimum absolute atomic E-state index is 0.00608. The van der Waals surface area contributed by atoms with Gasteiger partial charge in [0.15, 0.2) is 0 Å². The molecule has 0 saturated carbocycles. The monoisotopic (exact) mass is 329 g/mol. The summed E-state index contributed by atoms with van der Waals surface area (Å²) in [5.74, 6) is -0.283. The maximum absolute atomic E-state index is 12.8. The van der Waals surface area contributed by atoms with Crippen LogP contribution in [-0.2, 0) is 10.0 Å². The average molecular weight is 329 g/mol. The van der Waals surface area contributed by atoms with Crippen molar-refractivity contribution in [3.63, 3.8) is 0 Å². The van der Waals surface area contributed by atoms with Gasteiger partial charge in [0.1, 0.15) is 5.82 Å². The number of nitrogens with zero attached hydrogens (tertiary/aromatic N) is 3. The highest BCUT2D eigenvalue weighted by molar-refractivity contribution is 7.90. The van der Waals surface area contributed by atoms with E-state index in [9.17, 15) is 12.8 Å². The fourth-order valence-electron chi connectivity index (χ4n) is 1.82. The molecule has 1 aromatic rings. The number of halogens is 1. The van der Waals surface area contributed by atoms with Gasteiger partial charge >= 0.3 is 0 Å². The smallest absolute Gasteiger partial charge is 0.264 e. The first-order valence-electron chi connectivity index (χ1n) is 6.80. The molecule has 0 aromatic heterocycles. The van der Waals surface area contributed by atoms with E-state index in [0.717, 1.165) is 25.2 Å². The third kappa shape index (κ3) is 4.65. The second-order valence-electron chi connectivity index (χ2n) is 5.24. The number of hydrogen-bond donors (Lipinski definition) is 2. The first-order valence-corrected chi connectivity index (χ1v) is 8.29. The Kier molecular flexibility index (Phi) is 5.33. The van der Waals surface area contributed by atoms with Gasteiger partial charge in [-0.2, -0.15) is 0 Å². The van der Waals surface area contributed by atoms with Crippen molar-refractivity contribution in [1.29, 1.82) is 0 Å². The number of nitrogens with one attached hydrogen (secondary N) is 2. The van der Waals surface area contributed by atoms with Crippen LogP contribution in [0.15, 0.2) is 34.2 Å². The summed E-state index contributed by atoms with van der Waals surface area (Å²) in [6.07, 6.45) is 0. The van der Waals surface area contributed by atoms with E-state index in [2.05, 4.69) is 24.8 Å². The van der Waals surface area contributed by atoms with Crippen LogP contribution in [0.3, 0.4) is 0 Å². The number of guanidine groups is 1. The SMILES string of the molecule is CN(C)CCN1CN=C(NS(=O)(=O)c2ccc(F)cc2)NC1. The summed E-state index contributed by atoms with van der Waals surface area (Å²) in [6, 6.07) is 4.64. The highest BCUT2D eigenvalue weighted by atomic mass is 32.2. The maximum atomic E-state index is 12.8. The van der Waals surface area contributed by atoms with E-state index in [-0.39, 0.29) is 10.9 Å². The minimum atomic E-state index is -3.76. The van der Waals surface area contributed by atoms with Crippen molar-refractivity contribution in [3.05, 3.63) is 30.1 Å². The van der Waals surface area contributed by atoms with Crippen molar-refractivity contribution in [2.75, 3.05) is 40.5 Å². The predicted octanol–water partition coefficient (Wildman–Crippen LogP) is -0.158. The Morgan fingerprint density at radius 1 is 1.36 bits per heavy atom. The van der Waals surface area contributed by atoms with Gasteiger partial charge in [-0.1, -0.05) is 0 Å². The zero-order chi connectivity index (χ0) is 16.2. The van der Waals surface area contributed by atoms with Crippen LogP contribution in [0.2, 0.25) is 0 Å². The van der Waals surface area contributed by atoms with Gasteiger partial charge in [0, 0.05) is 13.1 Å². The van der Waals surface area contributed by atoms with Crippen LogP contribution in [0, 0.1) is 5.82 Å². The van der Waals surface area contributed by atoms with Gasteiger partial charge < -0.3 is 10.2 Å². The van der Waals surface area contributed by atoms with Crippen molar-refractivity contribution in [2.45, 2.75) is 4.90 Å². The number of likely N-dealkylation sites (N-methyl/N-ethyl adjacent to an activating group) is 1. The molecule has 7 nitrogen and oxygen atoms in total. The minimum Gasteiger partial charge on any atom is -0.343 e. The van der Waals surface area contributed by atoms with E-state index < -0.39 is 15.8 Å². The molecule has 1 heterocycles. The molecule has 1 aliphatic heterocycles. The average Bonchev–Trinajstić information content (AvgIpc) is 2.46. The lowest BCUT2D eigenvalue weighted by molar-refractivity contribution is 0.233. The van der Waals surface area contributed by atoms with E-state index >= 15 is 0 Å². The molecule has 0 spiro atoms. The molecule has 2 rings (SSSR count). The van der Waals surface area contributed by atoms with E-state index in [4.69, 9.17) is 0 Å². The number of aliphatic imine (C=N–C) groups is 1. The molecule has 2 N–H and O–H groups in total. The van der Waals surface area contributed by atoms with Crippen LogP contribution in [0.5, 0.6) is 0 Å². The van der Waals surface area contributed by atoms with Gasteiger partial charge in [0.05, 0.1) is 18.2 Å². The normalized spacial score (nSPS) is 16.3.